The minimum Gasteiger partial charge on any atom is -0.369 e. The van der Waals surface area contributed by atoms with Crippen molar-refractivity contribution in [1.29, 1.82) is 0 Å². The number of pyridine rings is 1. The van der Waals surface area contributed by atoms with E-state index >= 15 is 0 Å². The van der Waals surface area contributed by atoms with Crippen LogP contribution in [0.5, 0.6) is 0 Å². The molecule has 0 spiro atoms. The van der Waals surface area contributed by atoms with Gasteiger partial charge < -0.3 is 10.2 Å². The van der Waals surface area contributed by atoms with Gasteiger partial charge in [0.25, 0.3) is 0 Å². The number of carbonyl (C=O) groups excluding carboxylic acids is 1. The van der Waals surface area contributed by atoms with Gasteiger partial charge in [-0.2, -0.15) is 0 Å². The molecule has 1 N–H and O–H groups in total. The van der Waals surface area contributed by atoms with Gasteiger partial charge in [0.05, 0.1) is 5.02 Å². The molecule has 3 rings (SSSR count). The number of rotatable bonds is 5. The Balaban J connectivity index is 1.48. The van der Waals surface area contributed by atoms with Crippen LogP contribution in [0.25, 0.3) is 0 Å². The zero-order chi connectivity index (χ0) is 16.9. The first kappa shape index (κ1) is 16.7. The van der Waals surface area contributed by atoms with Gasteiger partial charge in [0, 0.05) is 43.6 Å². The molecule has 1 fully saturated rings. The molecule has 4 nitrogen and oxygen atoms in total. The molecule has 1 aromatic heterocycles. The topological polar surface area (TPSA) is 45.2 Å². The van der Waals surface area contributed by atoms with Crippen LogP contribution in [-0.2, 0) is 11.2 Å². The van der Waals surface area contributed by atoms with Gasteiger partial charge in [0.15, 0.2) is 0 Å². The number of hydrogen-bond acceptors (Lipinski definition) is 3. The monoisotopic (exact) mass is 347 g/mol. The van der Waals surface area contributed by atoms with Crippen molar-refractivity contribution in [2.75, 3.05) is 18.0 Å². The lowest BCUT2D eigenvalue weighted by Crippen LogP contribution is -2.37. The van der Waals surface area contributed by atoms with Crippen LogP contribution >= 0.6 is 11.6 Å². The molecule has 24 heavy (non-hydrogen) atoms. The third kappa shape index (κ3) is 4.23. The van der Waals surface area contributed by atoms with Crippen LogP contribution in [0.3, 0.4) is 0 Å². The van der Waals surface area contributed by atoms with E-state index in [2.05, 4.69) is 15.2 Å². The van der Waals surface area contributed by atoms with E-state index in [9.17, 15) is 9.18 Å². The smallest absolute Gasteiger partial charge is 0.220 e. The van der Waals surface area contributed by atoms with Crippen molar-refractivity contribution in [3.8, 4) is 0 Å². The van der Waals surface area contributed by atoms with Crippen LogP contribution in [0.15, 0.2) is 42.7 Å². The lowest BCUT2D eigenvalue weighted by atomic mass is 10.1. The van der Waals surface area contributed by atoms with Gasteiger partial charge in [-0.3, -0.25) is 9.78 Å². The highest BCUT2D eigenvalue weighted by Crippen LogP contribution is 2.25. The minimum absolute atomic E-state index is 0.0517. The van der Waals surface area contributed by atoms with Crippen molar-refractivity contribution in [3.63, 3.8) is 0 Å². The molecule has 0 radical (unpaired) electrons. The predicted octanol–water partition coefficient (Wildman–Crippen LogP) is 3.20. The Labute approximate surface area is 145 Å². The number of hydrogen-bond donors (Lipinski definition) is 1. The molecule has 1 atom stereocenters. The van der Waals surface area contributed by atoms with E-state index in [4.69, 9.17) is 11.6 Å². The summed E-state index contributed by atoms with van der Waals surface area (Å²) in [5, 5.41) is 3.19. The first-order valence-corrected chi connectivity index (χ1v) is 8.38. The third-order valence-electron chi connectivity index (χ3n) is 4.21. The number of benzene rings is 1. The summed E-state index contributed by atoms with van der Waals surface area (Å²) >= 11 is 5.84. The summed E-state index contributed by atoms with van der Waals surface area (Å²) in [6.07, 6.45) is 5.50. The van der Waals surface area contributed by atoms with Crippen molar-refractivity contribution in [2.45, 2.75) is 25.3 Å². The molecule has 1 saturated heterocycles. The lowest BCUT2D eigenvalue weighted by molar-refractivity contribution is -0.121. The van der Waals surface area contributed by atoms with Gasteiger partial charge in [0.1, 0.15) is 5.82 Å². The summed E-state index contributed by atoms with van der Waals surface area (Å²) in [6, 6.07) is 8.67. The lowest BCUT2D eigenvalue weighted by Gasteiger charge is -2.19. The van der Waals surface area contributed by atoms with Gasteiger partial charge in [-0.25, -0.2) is 4.39 Å². The number of halogens is 2. The number of carbonyl (C=O) groups is 1. The van der Waals surface area contributed by atoms with Crippen molar-refractivity contribution in [1.82, 2.24) is 10.3 Å². The maximum absolute atomic E-state index is 13.2. The highest BCUT2D eigenvalue weighted by atomic mass is 35.5. The molecular weight excluding hydrogens is 329 g/mol. The third-order valence-corrected chi connectivity index (χ3v) is 4.50. The molecule has 2 aromatic rings. The van der Waals surface area contributed by atoms with Gasteiger partial charge >= 0.3 is 0 Å². The second kappa shape index (κ2) is 7.62. The number of amides is 1. The zero-order valence-electron chi connectivity index (χ0n) is 13.2. The van der Waals surface area contributed by atoms with E-state index in [0.29, 0.717) is 19.4 Å². The summed E-state index contributed by atoms with van der Waals surface area (Å²) in [5.41, 5.74) is 1.99. The zero-order valence-corrected chi connectivity index (χ0v) is 14.0. The first-order chi connectivity index (χ1) is 11.6. The van der Waals surface area contributed by atoms with Crippen molar-refractivity contribution < 1.29 is 9.18 Å². The van der Waals surface area contributed by atoms with E-state index in [-0.39, 0.29) is 17.0 Å². The Kier molecular flexibility index (Phi) is 5.30. The van der Waals surface area contributed by atoms with Crippen LogP contribution in [0.4, 0.5) is 10.1 Å². The number of anilines is 1. The Morgan fingerprint density at radius 2 is 2.12 bits per heavy atom. The standard InChI is InChI=1S/C18H19ClFN3O/c19-16-11-15(2-3-17(16)20)23-10-7-14(12-23)22-18(24)4-1-13-5-8-21-9-6-13/h2-3,5-6,8-9,11,14H,1,4,7,10,12H2,(H,22,24)/t14-/m0/s1. The van der Waals surface area contributed by atoms with Crippen LogP contribution < -0.4 is 10.2 Å². The molecule has 0 bridgehead atoms. The second-order valence-electron chi connectivity index (χ2n) is 5.95. The maximum atomic E-state index is 13.2. The predicted molar refractivity (Wildman–Crippen MR) is 92.7 cm³/mol. The van der Waals surface area contributed by atoms with Gasteiger partial charge in [0.2, 0.25) is 5.91 Å². The van der Waals surface area contributed by atoms with Crippen LogP contribution in [0, 0.1) is 5.82 Å². The Bertz CT molecular complexity index is 711. The molecular formula is C18H19ClFN3O. The minimum atomic E-state index is -0.416. The fourth-order valence-electron chi connectivity index (χ4n) is 2.90. The average molecular weight is 348 g/mol. The van der Waals surface area contributed by atoms with E-state index in [1.165, 1.54) is 6.07 Å². The quantitative estimate of drug-likeness (QED) is 0.903. The fourth-order valence-corrected chi connectivity index (χ4v) is 3.08. The number of aromatic nitrogens is 1. The normalized spacial score (nSPS) is 17.1. The van der Waals surface area contributed by atoms with Crippen LogP contribution in [0.2, 0.25) is 5.02 Å². The summed E-state index contributed by atoms with van der Waals surface area (Å²) in [6.45, 7) is 1.53. The molecule has 1 aliphatic heterocycles. The summed E-state index contributed by atoms with van der Waals surface area (Å²) in [5.74, 6) is -0.364. The highest BCUT2D eigenvalue weighted by Gasteiger charge is 2.24. The summed E-state index contributed by atoms with van der Waals surface area (Å²) in [4.78, 5) is 18.2. The molecule has 1 aliphatic rings. The Morgan fingerprint density at radius 1 is 1.33 bits per heavy atom. The van der Waals surface area contributed by atoms with Gasteiger partial charge in [-0.05, 0) is 48.7 Å². The summed E-state index contributed by atoms with van der Waals surface area (Å²) in [7, 11) is 0. The average Bonchev–Trinajstić information content (AvgIpc) is 3.05. The molecule has 0 saturated carbocycles. The molecule has 126 valence electrons. The highest BCUT2D eigenvalue weighted by molar-refractivity contribution is 6.31. The largest absolute Gasteiger partial charge is 0.369 e. The van der Waals surface area contributed by atoms with Crippen molar-refractivity contribution in [3.05, 3.63) is 59.1 Å². The number of nitrogens with one attached hydrogen (secondary N) is 1. The SMILES string of the molecule is O=C(CCc1ccncc1)N[C@H]1CCN(c2ccc(F)c(Cl)c2)C1. The Hall–Kier alpha value is -2.14. The molecule has 2 heterocycles. The van der Waals surface area contributed by atoms with Gasteiger partial charge in [-0.1, -0.05) is 11.6 Å². The number of nitrogens with zero attached hydrogens (tertiary/aromatic N) is 2. The fraction of sp³-hybridized carbons (Fsp3) is 0.333. The summed E-state index contributed by atoms with van der Waals surface area (Å²) < 4.78 is 13.2. The van der Waals surface area contributed by atoms with E-state index in [1.807, 2.05) is 12.1 Å². The van der Waals surface area contributed by atoms with Crippen molar-refractivity contribution >= 4 is 23.2 Å². The molecule has 0 unspecified atom stereocenters. The molecule has 6 heteroatoms. The number of aryl methyl sites for hydroxylation is 1. The van der Waals surface area contributed by atoms with E-state index in [0.717, 1.165) is 24.2 Å². The molecule has 0 aliphatic carbocycles. The van der Waals surface area contributed by atoms with Crippen LogP contribution in [0.1, 0.15) is 18.4 Å². The second-order valence-corrected chi connectivity index (χ2v) is 6.36. The Morgan fingerprint density at radius 3 is 2.88 bits per heavy atom. The van der Waals surface area contributed by atoms with E-state index < -0.39 is 5.82 Å². The molecule has 1 amide bonds. The van der Waals surface area contributed by atoms with Gasteiger partial charge in [-0.15, -0.1) is 0 Å². The van der Waals surface area contributed by atoms with Crippen LogP contribution in [-0.4, -0.2) is 30.0 Å². The first-order valence-electron chi connectivity index (χ1n) is 8.00. The molecule has 1 aromatic carbocycles. The van der Waals surface area contributed by atoms with E-state index in [1.54, 1.807) is 24.5 Å². The maximum Gasteiger partial charge on any atom is 0.220 e. The van der Waals surface area contributed by atoms with Crippen molar-refractivity contribution in [2.24, 2.45) is 0 Å².